The van der Waals surface area contributed by atoms with Gasteiger partial charge in [-0.25, -0.2) is 4.98 Å². The van der Waals surface area contributed by atoms with Crippen molar-refractivity contribution in [3.05, 3.63) is 45.2 Å². The summed E-state index contributed by atoms with van der Waals surface area (Å²) in [6.45, 7) is 6.10. The van der Waals surface area contributed by atoms with Gasteiger partial charge in [-0.05, 0) is 31.9 Å². The third-order valence-electron chi connectivity index (χ3n) is 2.83. The van der Waals surface area contributed by atoms with Gasteiger partial charge in [-0.3, -0.25) is 16.3 Å². The number of thiazole rings is 1. The number of hydrazine groups is 1. The molecule has 0 aliphatic heterocycles. The Morgan fingerprint density at radius 3 is 2.72 bits per heavy atom. The maximum Gasteiger partial charge on any atom is 0.0948 e. The van der Waals surface area contributed by atoms with E-state index in [9.17, 15) is 0 Å². The Hall–Kier alpha value is -1.30. The molecule has 1 atom stereocenters. The first-order chi connectivity index (χ1) is 8.60. The lowest BCUT2D eigenvalue weighted by molar-refractivity contribution is 0.534. The lowest BCUT2D eigenvalue weighted by Crippen LogP contribution is -2.30. The zero-order valence-electron chi connectivity index (χ0n) is 10.9. The van der Waals surface area contributed by atoms with Crippen LogP contribution in [0.2, 0.25) is 0 Å². The van der Waals surface area contributed by atoms with E-state index in [0.29, 0.717) is 0 Å². The fraction of sp³-hybridized carbons (Fsp3) is 0.385. The van der Waals surface area contributed by atoms with Gasteiger partial charge in [0.25, 0.3) is 0 Å². The van der Waals surface area contributed by atoms with Crippen LogP contribution in [0, 0.1) is 20.8 Å². The van der Waals surface area contributed by atoms with Crippen molar-refractivity contribution >= 4 is 11.3 Å². The van der Waals surface area contributed by atoms with E-state index in [1.165, 1.54) is 0 Å². The van der Waals surface area contributed by atoms with E-state index in [1.54, 1.807) is 11.3 Å². The van der Waals surface area contributed by atoms with Crippen LogP contribution < -0.4 is 11.3 Å². The summed E-state index contributed by atoms with van der Waals surface area (Å²) < 4.78 is 0. The molecule has 0 saturated carbocycles. The van der Waals surface area contributed by atoms with Gasteiger partial charge in [0.15, 0.2) is 0 Å². The smallest absolute Gasteiger partial charge is 0.0948 e. The van der Waals surface area contributed by atoms with E-state index in [1.807, 2.05) is 20.0 Å². The van der Waals surface area contributed by atoms with E-state index in [0.717, 1.165) is 33.9 Å². The molecule has 2 aromatic rings. The maximum atomic E-state index is 5.65. The summed E-state index contributed by atoms with van der Waals surface area (Å²) in [6, 6.07) is 2.14. The Balaban J connectivity index is 2.22. The van der Waals surface area contributed by atoms with Gasteiger partial charge in [-0.15, -0.1) is 11.3 Å². The van der Waals surface area contributed by atoms with Crippen molar-refractivity contribution in [2.75, 3.05) is 0 Å². The van der Waals surface area contributed by atoms with E-state index in [-0.39, 0.29) is 6.04 Å². The minimum Gasteiger partial charge on any atom is -0.271 e. The largest absolute Gasteiger partial charge is 0.271 e. The molecule has 0 aliphatic carbocycles. The zero-order chi connectivity index (χ0) is 13.1. The molecule has 0 aliphatic rings. The fourth-order valence-electron chi connectivity index (χ4n) is 2.00. The van der Waals surface area contributed by atoms with Crippen LogP contribution in [-0.2, 0) is 6.42 Å². The number of rotatable bonds is 4. The molecular weight excluding hydrogens is 244 g/mol. The lowest BCUT2D eigenvalue weighted by Gasteiger charge is -2.16. The van der Waals surface area contributed by atoms with Gasteiger partial charge in [0.05, 0.1) is 16.7 Å². The Kier molecular flexibility index (Phi) is 4.06. The highest BCUT2D eigenvalue weighted by Crippen LogP contribution is 2.21. The van der Waals surface area contributed by atoms with Crippen LogP contribution in [0.4, 0.5) is 0 Å². The number of pyridine rings is 1. The lowest BCUT2D eigenvalue weighted by atomic mass is 10.0. The molecule has 0 fully saturated rings. The summed E-state index contributed by atoms with van der Waals surface area (Å²) in [5.74, 6) is 5.65. The molecule has 18 heavy (non-hydrogen) atoms. The van der Waals surface area contributed by atoms with E-state index in [4.69, 9.17) is 5.84 Å². The third-order valence-corrected chi connectivity index (χ3v) is 3.82. The van der Waals surface area contributed by atoms with Gasteiger partial charge in [-0.1, -0.05) is 6.07 Å². The highest BCUT2D eigenvalue weighted by atomic mass is 32.1. The summed E-state index contributed by atoms with van der Waals surface area (Å²) >= 11 is 1.66. The second kappa shape index (κ2) is 5.56. The molecule has 0 spiro atoms. The van der Waals surface area contributed by atoms with E-state index >= 15 is 0 Å². The van der Waals surface area contributed by atoms with Crippen LogP contribution in [0.3, 0.4) is 0 Å². The Morgan fingerprint density at radius 2 is 2.17 bits per heavy atom. The van der Waals surface area contributed by atoms with E-state index in [2.05, 4.69) is 33.8 Å². The maximum absolute atomic E-state index is 5.65. The van der Waals surface area contributed by atoms with Gasteiger partial charge in [0.2, 0.25) is 0 Å². The van der Waals surface area contributed by atoms with Crippen LogP contribution in [0.15, 0.2) is 17.6 Å². The van der Waals surface area contributed by atoms with Crippen LogP contribution >= 0.6 is 11.3 Å². The number of hydrogen-bond donors (Lipinski definition) is 2. The van der Waals surface area contributed by atoms with Crippen molar-refractivity contribution in [2.45, 2.75) is 33.2 Å². The van der Waals surface area contributed by atoms with Crippen LogP contribution in [-0.4, -0.2) is 9.97 Å². The average molecular weight is 262 g/mol. The summed E-state index contributed by atoms with van der Waals surface area (Å²) in [5, 5.41) is 3.13. The number of aryl methyl sites for hydroxylation is 3. The molecule has 2 heterocycles. The molecule has 3 N–H and O–H groups in total. The van der Waals surface area contributed by atoms with Gasteiger partial charge in [0.1, 0.15) is 0 Å². The SMILES string of the molecule is Cc1cnc(C(Cc2nc(C)cs2)NN)c(C)c1. The minimum absolute atomic E-state index is 0.0103. The molecule has 0 bridgehead atoms. The van der Waals surface area contributed by atoms with Crippen molar-refractivity contribution in [3.8, 4) is 0 Å². The molecule has 96 valence electrons. The first kappa shape index (κ1) is 13.1. The highest BCUT2D eigenvalue weighted by molar-refractivity contribution is 7.09. The summed E-state index contributed by atoms with van der Waals surface area (Å²) in [4.78, 5) is 8.95. The Bertz CT molecular complexity index is 536. The molecular formula is C13H18N4S. The zero-order valence-corrected chi connectivity index (χ0v) is 11.7. The van der Waals surface area contributed by atoms with Crippen molar-refractivity contribution in [3.63, 3.8) is 0 Å². The minimum atomic E-state index is 0.0103. The van der Waals surface area contributed by atoms with Crippen LogP contribution in [0.25, 0.3) is 0 Å². The predicted molar refractivity (Wildman–Crippen MR) is 74.3 cm³/mol. The third kappa shape index (κ3) is 2.93. The van der Waals surface area contributed by atoms with Gasteiger partial charge < -0.3 is 0 Å². The van der Waals surface area contributed by atoms with Gasteiger partial charge in [0, 0.05) is 23.7 Å². The molecule has 2 aromatic heterocycles. The molecule has 4 nitrogen and oxygen atoms in total. The average Bonchev–Trinajstić information content (AvgIpc) is 2.72. The number of nitrogens with one attached hydrogen (secondary N) is 1. The summed E-state index contributed by atoms with van der Waals surface area (Å²) in [6.07, 6.45) is 2.64. The molecule has 0 saturated heterocycles. The number of nitrogens with zero attached hydrogens (tertiary/aromatic N) is 2. The first-order valence-electron chi connectivity index (χ1n) is 5.90. The number of aromatic nitrogens is 2. The van der Waals surface area contributed by atoms with Crippen molar-refractivity contribution in [1.29, 1.82) is 0 Å². The normalized spacial score (nSPS) is 12.7. The Morgan fingerprint density at radius 1 is 1.39 bits per heavy atom. The quantitative estimate of drug-likeness (QED) is 0.655. The van der Waals surface area contributed by atoms with E-state index < -0.39 is 0 Å². The van der Waals surface area contributed by atoms with Crippen molar-refractivity contribution in [1.82, 2.24) is 15.4 Å². The van der Waals surface area contributed by atoms with Crippen molar-refractivity contribution < 1.29 is 0 Å². The summed E-state index contributed by atoms with van der Waals surface area (Å²) in [7, 11) is 0. The van der Waals surface area contributed by atoms with Crippen LogP contribution in [0.1, 0.15) is 33.6 Å². The topological polar surface area (TPSA) is 63.8 Å². The monoisotopic (exact) mass is 262 g/mol. The Labute approximate surface area is 111 Å². The molecule has 2 rings (SSSR count). The molecule has 0 amide bonds. The van der Waals surface area contributed by atoms with Crippen molar-refractivity contribution in [2.24, 2.45) is 5.84 Å². The molecule has 0 aromatic carbocycles. The fourth-order valence-corrected chi connectivity index (χ4v) is 2.82. The number of nitrogens with two attached hydrogens (primary N) is 1. The second-order valence-electron chi connectivity index (χ2n) is 4.52. The molecule has 0 radical (unpaired) electrons. The summed E-state index contributed by atoms with van der Waals surface area (Å²) in [5.41, 5.74) is 7.21. The van der Waals surface area contributed by atoms with Gasteiger partial charge >= 0.3 is 0 Å². The van der Waals surface area contributed by atoms with Gasteiger partial charge in [-0.2, -0.15) is 0 Å². The standard InChI is InChI=1S/C13H18N4S/c1-8-4-9(2)13(15-6-8)11(17-14)5-12-16-10(3)7-18-12/h4,6-7,11,17H,5,14H2,1-3H3. The molecule has 5 heteroatoms. The number of hydrogen-bond acceptors (Lipinski definition) is 5. The second-order valence-corrected chi connectivity index (χ2v) is 5.46. The first-order valence-corrected chi connectivity index (χ1v) is 6.78. The highest BCUT2D eigenvalue weighted by Gasteiger charge is 2.16. The predicted octanol–water partition coefficient (Wildman–Crippen LogP) is 2.21. The molecule has 1 unspecified atom stereocenters. The van der Waals surface area contributed by atoms with Crippen LogP contribution in [0.5, 0.6) is 0 Å².